The normalized spacial score (nSPS) is 17.1. The third-order valence-electron chi connectivity index (χ3n) is 3.80. The van der Waals surface area contributed by atoms with Crippen molar-refractivity contribution >= 4 is 5.78 Å². The maximum absolute atomic E-state index is 12.2. The molecule has 0 N–H and O–H groups in total. The molecular weight excluding hydrogens is 250 g/mol. The van der Waals surface area contributed by atoms with Gasteiger partial charge in [0.2, 0.25) is 0 Å². The van der Waals surface area contributed by atoms with Gasteiger partial charge in [0, 0.05) is 31.5 Å². The number of Topliss-reactive ketones (excluding diaryl/α,β-unsaturated/α-hetero) is 1. The molecule has 0 saturated carbocycles. The van der Waals surface area contributed by atoms with Crippen molar-refractivity contribution in [1.82, 2.24) is 4.90 Å². The van der Waals surface area contributed by atoms with Crippen LogP contribution in [0.5, 0.6) is 0 Å². The van der Waals surface area contributed by atoms with Crippen LogP contribution < -0.4 is 0 Å². The van der Waals surface area contributed by atoms with Gasteiger partial charge in [0.25, 0.3) is 0 Å². The number of ketones is 1. The molecule has 0 atom stereocenters. The van der Waals surface area contributed by atoms with E-state index in [1.54, 1.807) is 0 Å². The molecule has 0 amide bonds. The van der Waals surface area contributed by atoms with Gasteiger partial charge >= 0.3 is 0 Å². The number of hydrogen-bond donors (Lipinski definition) is 0. The van der Waals surface area contributed by atoms with E-state index in [4.69, 9.17) is 4.74 Å². The smallest absolute Gasteiger partial charge is 0.142 e. The fraction of sp³-hybridized carbons (Fsp3) is 0.588. The fourth-order valence-corrected chi connectivity index (χ4v) is 2.32. The van der Waals surface area contributed by atoms with Crippen LogP contribution in [0.25, 0.3) is 0 Å². The number of carbonyl (C=O) groups excluding carboxylic acids is 1. The highest BCUT2D eigenvalue weighted by atomic mass is 16.5. The molecule has 0 aliphatic carbocycles. The van der Waals surface area contributed by atoms with Crippen molar-refractivity contribution in [1.29, 1.82) is 0 Å². The number of nitrogens with zero attached hydrogens (tertiary/aromatic N) is 1. The monoisotopic (exact) mass is 275 g/mol. The molecule has 0 spiro atoms. The average Bonchev–Trinajstić information content (AvgIpc) is 2.41. The summed E-state index contributed by atoms with van der Waals surface area (Å²) in [5.41, 5.74) is 2.16. The van der Waals surface area contributed by atoms with Crippen LogP contribution in [-0.4, -0.2) is 37.0 Å². The van der Waals surface area contributed by atoms with Crippen LogP contribution in [0.4, 0.5) is 0 Å². The molecule has 1 aliphatic rings. The third kappa shape index (κ3) is 4.15. The molecule has 0 bridgehead atoms. The topological polar surface area (TPSA) is 29.5 Å². The van der Waals surface area contributed by atoms with E-state index in [1.165, 1.54) is 11.1 Å². The van der Waals surface area contributed by atoms with E-state index in [2.05, 4.69) is 23.1 Å². The van der Waals surface area contributed by atoms with Gasteiger partial charge < -0.3 is 4.74 Å². The van der Waals surface area contributed by atoms with E-state index < -0.39 is 0 Å². The van der Waals surface area contributed by atoms with Crippen LogP contribution in [0.15, 0.2) is 24.3 Å². The van der Waals surface area contributed by atoms with Crippen LogP contribution in [0.1, 0.15) is 31.9 Å². The van der Waals surface area contributed by atoms with Gasteiger partial charge in [-0.15, -0.1) is 0 Å². The van der Waals surface area contributed by atoms with E-state index in [-0.39, 0.29) is 5.41 Å². The summed E-state index contributed by atoms with van der Waals surface area (Å²) in [6, 6.07) is 8.30. The van der Waals surface area contributed by atoms with Gasteiger partial charge in [-0.2, -0.15) is 0 Å². The lowest BCUT2D eigenvalue weighted by Crippen LogP contribution is -2.36. The van der Waals surface area contributed by atoms with Gasteiger partial charge in [-0.3, -0.25) is 9.69 Å². The second kappa shape index (κ2) is 6.51. The Morgan fingerprint density at radius 3 is 2.35 bits per heavy atom. The second-order valence-electron chi connectivity index (χ2n) is 6.51. The minimum absolute atomic E-state index is 0.272. The van der Waals surface area contributed by atoms with Crippen LogP contribution in [0.2, 0.25) is 0 Å². The van der Waals surface area contributed by atoms with Gasteiger partial charge in [0.1, 0.15) is 5.78 Å². The average molecular weight is 275 g/mol. The van der Waals surface area contributed by atoms with Crippen LogP contribution in [0, 0.1) is 5.41 Å². The zero-order chi connectivity index (χ0) is 14.6. The number of benzene rings is 1. The summed E-state index contributed by atoms with van der Waals surface area (Å²) >= 11 is 0. The fourth-order valence-electron chi connectivity index (χ4n) is 2.32. The van der Waals surface area contributed by atoms with Crippen molar-refractivity contribution in [3.8, 4) is 0 Å². The summed E-state index contributed by atoms with van der Waals surface area (Å²) in [6.07, 6.45) is 0.532. The molecule has 1 aromatic rings. The van der Waals surface area contributed by atoms with Crippen LogP contribution in [-0.2, 0) is 22.5 Å². The van der Waals surface area contributed by atoms with E-state index in [0.29, 0.717) is 12.2 Å². The quantitative estimate of drug-likeness (QED) is 0.846. The lowest BCUT2D eigenvalue weighted by molar-refractivity contribution is -0.125. The molecule has 3 nitrogen and oxygen atoms in total. The lowest BCUT2D eigenvalue weighted by atomic mass is 9.86. The summed E-state index contributed by atoms with van der Waals surface area (Å²) in [6.45, 7) is 10.4. The first-order valence-corrected chi connectivity index (χ1v) is 7.37. The van der Waals surface area contributed by atoms with E-state index in [1.807, 2.05) is 26.8 Å². The summed E-state index contributed by atoms with van der Waals surface area (Å²) in [4.78, 5) is 14.6. The summed E-state index contributed by atoms with van der Waals surface area (Å²) in [5, 5.41) is 0. The summed E-state index contributed by atoms with van der Waals surface area (Å²) in [7, 11) is 0. The standard InChI is InChI=1S/C17H25NO2/c1-17(2,3)16(19)12-14-6-4-5-7-15(14)13-18-8-10-20-11-9-18/h4-7H,8-13H2,1-3H3. The zero-order valence-corrected chi connectivity index (χ0v) is 12.8. The van der Waals surface area contributed by atoms with Gasteiger partial charge in [-0.1, -0.05) is 45.0 Å². The first-order chi connectivity index (χ1) is 9.47. The predicted octanol–water partition coefficient (Wildman–Crippen LogP) is 2.68. The van der Waals surface area contributed by atoms with Gasteiger partial charge in [0.05, 0.1) is 13.2 Å². The first-order valence-electron chi connectivity index (χ1n) is 7.37. The molecule has 1 aliphatic heterocycles. The molecule has 0 aromatic heterocycles. The third-order valence-corrected chi connectivity index (χ3v) is 3.80. The number of ether oxygens (including phenoxy) is 1. The van der Waals surface area contributed by atoms with Gasteiger partial charge in [-0.05, 0) is 11.1 Å². The Kier molecular flexibility index (Phi) is 4.95. The van der Waals surface area contributed by atoms with Gasteiger partial charge in [0.15, 0.2) is 0 Å². The van der Waals surface area contributed by atoms with E-state index in [9.17, 15) is 4.79 Å². The molecule has 1 saturated heterocycles. The number of carbonyl (C=O) groups is 1. The SMILES string of the molecule is CC(C)(C)C(=O)Cc1ccccc1CN1CCOCC1. The molecular formula is C17H25NO2. The Labute approximate surface area is 121 Å². The largest absolute Gasteiger partial charge is 0.379 e. The Morgan fingerprint density at radius 1 is 1.15 bits per heavy atom. The molecule has 1 aromatic carbocycles. The van der Waals surface area contributed by atoms with Crippen molar-refractivity contribution < 1.29 is 9.53 Å². The second-order valence-corrected chi connectivity index (χ2v) is 6.51. The number of morpholine rings is 1. The number of rotatable bonds is 4. The van der Waals surface area contributed by atoms with Crippen molar-refractivity contribution in [2.24, 2.45) is 5.41 Å². The molecule has 2 rings (SSSR count). The highest BCUT2D eigenvalue weighted by Gasteiger charge is 2.22. The van der Waals surface area contributed by atoms with Crippen molar-refractivity contribution in [2.45, 2.75) is 33.7 Å². The Hall–Kier alpha value is -1.19. The van der Waals surface area contributed by atoms with E-state index >= 15 is 0 Å². The molecule has 3 heteroatoms. The molecule has 110 valence electrons. The lowest BCUT2D eigenvalue weighted by Gasteiger charge is -2.27. The maximum Gasteiger partial charge on any atom is 0.142 e. The zero-order valence-electron chi connectivity index (χ0n) is 12.8. The molecule has 20 heavy (non-hydrogen) atoms. The minimum atomic E-state index is -0.272. The molecule has 0 radical (unpaired) electrons. The Balaban J connectivity index is 2.07. The molecule has 0 unspecified atom stereocenters. The highest BCUT2D eigenvalue weighted by molar-refractivity contribution is 5.85. The molecule has 1 heterocycles. The van der Waals surface area contributed by atoms with Crippen LogP contribution in [0.3, 0.4) is 0 Å². The molecule has 1 fully saturated rings. The Morgan fingerprint density at radius 2 is 1.75 bits per heavy atom. The first kappa shape index (κ1) is 15.2. The number of hydrogen-bond acceptors (Lipinski definition) is 3. The van der Waals surface area contributed by atoms with Crippen molar-refractivity contribution in [2.75, 3.05) is 26.3 Å². The van der Waals surface area contributed by atoms with Crippen molar-refractivity contribution in [3.05, 3.63) is 35.4 Å². The summed E-state index contributed by atoms with van der Waals surface area (Å²) < 4.78 is 5.38. The minimum Gasteiger partial charge on any atom is -0.379 e. The van der Waals surface area contributed by atoms with Gasteiger partial charge in [-0.25, -0.2) is 0 Å². The summed E-state index contributed by atoms with van der Waals surface area (Å²) in [5.74, 6) is 0.298. The maximum atomic E-state index is 12.2. The Bertz CT molecular complexity index is 456. The highest BCUT2D eigenvalue weighted by Crippen LogP contribution is 2.20. The van der Waals surface area contributed by atoms with Crippen molar-refractivity contribution in [3.63, 3.8) is 0 Å². The van der Waals surface area contributed by atoms with Crippen LogP contribution >= 0.6 is 0 Å². The van der Waals surface area contributed by atoms with E-state index in [0.717, 1.165) is 32.8 Å². The predicted molar refractivity (Wildman–Crippen MR) is 80.7 cm³/mol.